The second-order valence-electron chi connectivity index (χ2n) is 7.15. The molecule has 4 nitrogen and oxygen atoms in total. The molecule has 4 heteroatoms. The molecule has 142 valence electrons. The van der Waals surface area contributed by atoms with Crippen LogP contribution < -0.4 is 14.2 Å². The van der Waals surface area contributed by atoms with E-state index in [1.807, 2.05) is 24.3 Å². The van der Waals surface area contributed by atoms with Crippen molar-refractivity contribution in [3.8, 4) is 23.3 Å². The summed E-state index contributed by atoms with van der Waals surface area (Å²) in [6.45, 7) is 0. The van der Waals surface area contributed by atoms with Gasteiger partial charge < -0.3 is 14.2 Å². The van der Waals surface area contributed by atoms with E-state index in [1.54, 1.807) is 14.2 Å². The highest BCUT2D eigenvalue weighted by Crippen LogP contribution is 2.49. The highest BCUT2D eigenvalue weighted by molar-refractivity contribution is 6.00. The average Bonchev–Trinajstić information content (AvgIpc) is 2.77. The second-order valence-corrected chi connectivity index (χ2v) is 7.15. The lowest BCUT2D eigenvalue weighted by atomic mass is 9.79. The van der Waals surface area contributed by atoms with Crippen molar-refractivity contribution in [3.63, 3.8) is 0 Å². The summed E-state index contributed by atoms with van der Waals surface area (Å²) >= 11 is 0. The first kappa shape index (κ1) is 17.4. The third-order valence-electron chi connectivity index (χ3n) is 5.68. The molecule has 3 aromatic carbocycles. The molecule has 0 spiro atoms. The minimum Gasteiger partial charge on any atom is -0.497 e. The number of benzene rings is 3. The Hall–Kier alpha value is -3.71. The van der Waals surface area contributed by atoms with E-state index in [0.717, 1.165) is 57.6 Å². The van der Waals surface area contributed by atoms with Gasteiger partial charge >= 0.3 is 0 Å². The van der Waals surface area contributed by atoms with Crippen LogP contribution in [0.5, 0.6) is 17.2 Å². The van der Waals surface area contributed by atoms with Crippen LogP contribution in [0.1, 0.15) is 23.1 Å². The zero-order valence-electron chi connectivity index (χ0n) is 16.3. The smallest absolute Gasteiger partial charge is 0.143 e. The van der Waals surface area contributed by atoms with Gasteiger partial charge in [0.15, 0.2) is 0 Å². The molecule has 0 N–H and O–H groups in total. The third kappa shape index (κ3) is 2.67. The van der Waals surface area contributed by atoms with E-state index in [-0.39, 0.29) is 0 Å². The Morgan fingerprint density at radius 2 is 1.69 bits per heavy atom. The minimum atomic E-state index is 0.639. The topological polar surface area (TPSA) is 51.5 Å². The predicted molar refractivity (Wildman–Crippen MR) is 112 cm³/mol. The molecule has 3 aromatic rings. The maximum Gasteiger partial charge on any atom is 0.143 e. The van der Waals surface area contributed by atoms with Gasteiger partial charge in [-0.3, -0.25) is 0 Å². The number of nitrogens with zero attached hydrogens (tertiary/aromatic N) is 1. The highest BCUT2D eigenvalue weighted by Gasteiger charge is 2.31. The van der Waals surface area contributed by atoms with Crippen molar-refractivity contribution in [2.24, 2.45) is 0 Å². The van der Waals surface area contributed by atoms with E-state index in [9.17, 15) is 5.26 Å². The summed E-state index contributed by atoms with van der Waals surface area (Å²) in [4.78, 5) is 0. The quantitative estimate of drug-likeness (QED) is 0.557. The summed E-state index contributed by atoms with van der Waals surface area (Å²) in [6.07, 6.45) is 3.22. The number of hydrogen-bond donors (Lipinski definition) is 0. The highest BCUT2D eigenvalue weighted by atomic mass is 16.5. The predicted octanol–water partition coefficient (Wildman–Crippen LogP) is 5.40. The van der Waals surface area contributed by atoms with Gasteiger partial charge in [-0.05, 0) is 71.3 Å². The molecule has 1 aliphatic carbocycles. The normalized spacial score (nSPS) is 15.8. The van der Waals surface area contributed by atoms with Crippen LogP contribution in [-0.4, -0.2) is 14.2 Å². The Labute approximate surface area is 169 Å². The molecule has 29 heavy (non-hydrogen) atoms. The van der Waals surface area contributed by atoms with Crippen LogP contribution in [-0.2, 0) is 6.42 Å². The van der Waals surface area contributed by atoms with E-state index < -0.39 is 0 Å². The Kier molecular flexibility index (Phi) is 4.03. The fourth-order valence-corrected chi connectivity index (χ4v) is 4.31. The van der Waals surface area contributed by atoms with Crippen LogP contribution in [0.2, 0.25) is 0 Å². The van der Waals surface area contributed by atoms with E-state index in [1.165, 1.54) is 17.2 Å². The molecule has 0 bridgehead atoms. The number of aryl methyl sites for hydroxylation is 1. The van der Waals surface area contributed by atoms with E-state index in [0.29, 0.717) is 5.76 Å². The molecular formula is C25H19NO3. The molecule has 0 aromatic heterocycles. The standard InChI is InChI=1S/C25H19NO3/c1-27-17-5-9-19-15(13-17)3-7-21-23(11-12-26)29-25-20-10-6-18(28-2)14-16(20)4-8-22(25)24(19)21/h4-6,8-11,13-14H,3,7H2,1-2H3/b23-11+. The van der Waals surface area contributed by atoms with Gasteiger partial charge in [0.25, 0.3) is 0 Å². The summed E-state index contributed by atoms with van der Waals surface area (Å²) in [5, 5.41) is 11.4. The number of allylic oxidation sites excluding steroid dienone is 2. The summed E-state index contributed by atoms with van der Waals surface area (Å²) in [7, 11) is 3.35. The largest absolute Gasteiger partial charge is 0.497 e. The van der Waals surface area contributed by atoms with Crippen molar-refractivity contribution in [2.75, 3.05) is 14.2 Å². The summed E-state index contributed by atoms with van der Waals surface area (Å²) in [5.41, 5.74) is 5.72. The van der Waals surface area contributed by atoms with Gasteiger partial charge in [-0.1, -0.05) is 12.1 Å². The molecule has 0 saturated heterocycles. The number of fused-ring (bicyclic) bond motifs is 6. The molecule has 1 aliphatic heterocycles. The van der Waals surface area contributed by atoms with Gasteiger partial charge in [-0.2, -0.15) is 5.26 Å². The maximum atomic E-state index is 9.34. The van der Waals surface area contributed by atoms with Crippen LogP contribution in [0.15, 0.2) is 65.9 Å². The lowest BCUT2D eigenvalue weighted by molar-refractivity contribution is 0.413. The van der Waals surface area contributed by atoms with Gasteiger partial charge in [0.2, 0.25) is 0 Å². The molecule has 0 unspecified atom stereocenters. The molecule has 0 fully saturated rings. The van der Waals surface area contributed by atoms with Crippen LogP contribution in [0.3, 0.4) is 0 Å². The third-order valence-corrected chi connectivity index (χ3v) is 5.68. The number of methoxy groups -OCH3 is 2. The van der Waals surface area contributed by atoms with Crippen LogP contribution in [0, 0.1) is 11.3 Å². The number of rotatable bonds is 2. The maximum absolute atomic E-state index is 9.34. The molecule has 0 atom stereocenters. The zero-order chi connectivity index (χ0) is 20.0. The SMILES string of the molecule is COc1ccc2c(c1)CCC1=C2c2ccc3cc(OC)ccc3c2O/C1=C/C#N. The fraction of sp³-hybridized carbons (Fsp3) is 0.160. The first-order valence-electron chi connectivity index (χ1n) is 9.53. The van der Waals surface area contributed by atoms with Crippen molar-refractivity contribution < 1.29 is 14.2 Å². The average molecular weight is 381 g/mol. The van der Waals surface area contributed by atoms with Gasteiger partial charge in [0, 0.05) is 16.5 Å². The van der Waals surface area contributed by atoms with Crippen molar-refractivity contribution in [1.82, 2.24) is 0 Å². The number of nitriles is 1. The molecule has 0 radical (unpaired) electrons. The molecule has 0 amide bonds. The monoisotopic (exact) mass is 381 g/mol. The lowest BCUT2D eigenvalue weighted by Crippen LogP contribution is -2.16. The second kappa shape index (κ2) is 6.72. The fourth-order valence-electron chi connectivity index (χ4n) is 4.31. The number of hydrogen-bond acceptors (Lipinski definition) is 4. The molecule has 0 saturated carbocycles. The van der Waals surface area contributed by atoms with Gasteiger partial charge in [0.05, 0.1) is 26.4 Å². The number of ether oxygens (including phenoxy) is 3. The van der Waals surface area contributed by atoms with Gasteiger partial charge in [-0.15, -0.1) is 0 Å². The minimum absolute atomic E-state index is 0.639. The van der Waals surface area contributed by atoms with Crippen LogP contribution in [0.25, 0.3) is 16.3 Å². The first-order chi connectivity index (χ1) is 14.2. The first-order valence-corrected chi connectivity index (χ1v) is 9.53. The molecular weight excluding hydrogens is 362 g/mol. The van der Waals surface area contributed by atoms with Crippen molar-refractivity contribution >= 4 is 16.3 Å². The van der Waals surface area contributed by atoms with Gasteiger partial charge in [-0.25, -0.2) is 0 Å². The van der Waals surface area contributed by atoms with E-state index in [4.69, 9.17) is 14.2 Å². The Bertz CT molecular complexity index is 1260. The van der Waals surface area contributed by atoms with Crippen LogP contribution in [0.4, 0.5) is 0 Å². The van der Waals surface area contributed by atoms with Gasteiger partial charge in [0.1, 0.15) is 23.0 Å². The zero-order valence-corrected chi connectivity index (χ0v) is 16.3. The molecule has 5 rings (SSSR count). The van der Waals surface area contributed by atoms with E-state index in [2.05, 4.69) is 30.3 Å². The van der Waals surface area contributed by atoms with Crippen LogP contribution >= 0.6 is 0 Å². The summed E-state index contributed by atoms with van der Waals surface area (Å²) in [5.74, 6) is 3.09. The lowest BCUT2D eigenvalue weighted by Gasteiger charge is -2.31. The van der Waals surface area contributed by atoms with Crippen molar-refractivity contribution in [1.29, 1.82) is 5.26 Å². The van der Waals surface area contributed by atoms with Crippen molar-refractivity contribution in [3.05, 3.63) is 82.6 Å². The Morgan fingerprint density at radius 3 is 2.48 bits per heavy atom. The molecule has 2 aliphatic rings. The Balaban J connectivity index is 1.80. The summed E-state index contributed by atoms with van der Waals surface area (Å²) < 4.78 is 17.1. The molecule has 1 heterocycles. The van der Waals surface area contributed by atoms with E-state index >= 15 is 0 Å². The summed E-state index contributed by atoms with van der Waals surface area (Å²) in [6, 6.07) is 18.5. The Morgan fingerprint density at radius 1 is 0.931 bits per heavy atom. The van der Waals surface area contributed by atoms with Crippen molar-refractivity contribution in [2.45, 2.75) is 12.8 Å².